The van der Waals surface area contributed by atoms with Crippen molar-refractivity contribution >= 4 is 11.7 Å². The number of hydrogen-bond acceptors (Lipinski definition) is 6. The van der Waals surface area contributed by atoms with Gasteiger partial charge in [0.15, 0.2) is 18.1 Å². The highest BCUT2D eigenvalue weighted by Gasteiger charge is 2.17. The molecule has 0 aliphatic rings. The number of non-ortho nitro benzene ring substituents is 1. The van der Waals surface area contributed by atoms with Crippen molar-refractivity contribution in [1.29, 1.82) is 0 Å². The van der Waals surface area contributed by atoms with Crippen molar-refractivity contribution in [2.45, 2.75) is 26.7 Å². The lowest BCUT2D eigenvalue weighted by molar-refractivity contribution is -0.384. The molecule has 0 fully saturated rings. The van der Waals surface area contributed by atoms with Crippen LogP contribution in [0.2, 0.25) is 0 Å². The molecule has 0 atom stereocenters. The van der Waals surface area contributed by atoms with Crippen LogP contribution in [0.1, 0.15) is 30.9 Å². The lowest BCUT2D eigenvalue weighted by atomic mass is 10.0. The Morgan fingerprint density at radius 3 is 2.46 bits per heavy atom. The second-order valence-electron chi connectivity index (χ2n) is 6.05. The fourth-order valence-corrected chi connectivity index (χ4v) is 2.39. The summed E-state index contributed by atoms with van der Waals surface area (Å²) in [6.07, 6.45) is 0. The van der Waals surface area contributed by atoms with Gasteiger partial charge in [0.2, 0.25) is 0 Å². The van der Waals surface area contributed by atoms with Crippen molar-refractivity contribution in [3.05, 3.63) is 57.6 Å². The molecule has 0 saturated heterocycles. The maximum Gasteiger partial charge on any atom is 0.349 e. The highest BCUT2D eigenvalue weighted by Crippen LogP contribution is 2.31. The van der Waals surface area contributed by atoms with Crippen LogP contribution in [-0.4, -0.2) is 24.6 Å². The van der Waals surface area contributed by atoms with Crippen molar-refractivity contribution < 1.29 is 23.9 Å². The molecule has 0 saturated carbocycles. The Labute approximate surface area is 151 Å². The third kappa shape index (κ3) is 4.72. The minimum atomic E-state index is -0.681. The quantitative estimate of drug-likeness (QED) is 0.321. The molecular weight excluding hydrogens is 338 g/mol. The second-order valence-corrected chi connectivity index (χ2v) is 6.05. The molecule has 2 rings (SSSR count). The second kappa shape index (κ2) is 8.33. The van der Waals surface area contributed by atoms with Gasteiger partial charge in [0.1, 0.15) is 5.75 Å². The molecular formula is C19H21NO6. The summed E-state index contributed by atoms with van der Waals surface area (Å²) < 4.78 is 15.9. The highest BCUT2D eigenvalue weighted by molar-refractivity contribution is 5.75. The first-order valence-electron chi connectivity index (χ1n) is 8.08. The zero-order chi connectivity index (χ0) is 19.3. The van der Waals surface area contributed by atoms with Crippen LogP contribution in [0.4, 0.5) is 5.69 Å². The normalized spacial score (nSPS) is 10.5. The third-order valence-corrected chi connectivity index (χ3v) is 3.72. The van der Waals surface area contributed by atoms with E-state index in [-0.39, 0.29) is 29.7 Å². The number of nitro benzene ring substituents is 1. The zero-order valence-corrected chi connectivity index (χ0v) is 15.1. The fourth-order valence-electron chi connectivity index (χ4n) is 2.39. The molecule has 0 unspecified atom stereocenters. The Balaban J connectivity index is 2.12. The molecule has 7 heteroatoms. The van der Waals surface area contributed by atoms with Gasteiger partial charge in [-0.1, -0.05) is 26.0 Å². The summed E-state index contributed by atoms with van der Waals surface area (Å²) in [5.41, 5.74) is 1.80. The number of nitro groups is 1. The van der Waals surface area contributed by atoms with Gasteiger partial charge in [0, 0.05) is 6.07 Å². The van der Waals surface area contributed by atoms with Crippen molar-refractivity contribution in [2.75, 3.05) is 13.7 Å². The predicted molar refractivity (Wildman–Crippen MR) is 96.0 cm³/mol. The Kier molecular flexibility index (Phi) is 6.16. The molecule has 0 heterocycles. The summed E-state index contributed by atoms with van der Waals surface area (Å²) in [4.78, 5) is 22.4. The lowest BCUT2D eigenvalue weighted by Gasteiger charge is -2.15. The average Bonchev–Trinajstić information content (AvgIpc) is 2.59. The first kappa shape index (κ1) is 19.2. The Morgan fingerprint density at radius 1 is 1.12 bits per heavy atom. The molecule has 0 amide bonds. The third-order valence-electron chi connectivity index (χ3n) is 3.72. The van der Waals surface area contributed by atoms with Crippen LogP contribution in [0.15, 0.2) is 36.4 Å². The van der Waals surface area contributed by atoms with Crippen LogP contribution in [0.3, 0.4) is 0 Å². The molecule has 0 radical (unpaired) electrons. The zero-order valence-electron chi connectivity index (χ0n) is 15.1. The summed E-state index contributed by atoms with van der Waals surface area (Å²) in [6.45, 7) is 5.67. The number of esters is 1. The van der Waals surface area contributed by atoms with E-state index in [1.807, 2.05) is 39.0 Å². The Morgan fingerprint density at radius 2 is 1.85 bits per heavy atom. The van der Waals surface area contributed by atoms with Gasteiger partial charge < -0.3 is 14.2 Å². The van der Waals surface area contributed by atoms with E-state index in [0.717, 1.165) is 17.2 Å². The lowest BCUT2D eigenvalue weighted by Crippen LogP contribution is -2.18. The minimum absolute atomic E-state index is 0.0244. The van der Waals surface area contributed by atoms with Gasteiger partial charge in [-0.3, -0.25) is 10.1 Å². The van der Waals surface area contributed by atoms with Gasteiger partial charge in [-0.2, -0.15) is 0 Å². The first-order valence-corrected chi connectivity index (χ1v) is 8.08. The maximum absolute atomic E-state index is 12.1. The summed E-state index contributed by atoms with van der Waals surface area (Å²) >= 11 is 0. The van der Waals surface area contributed by atoms with Gasteiger partial charge in [-0.15, -0.1) is 0 Å². The summed E-state index contributed by atoms with van der Waals surface area (Å²) in [6, 6.07) is 9.59. The van der Waals surface area contributed by atoms with E-state index < -0.39 is 10.9 Å². The van der Waals surface area contributed by atoms with Crippen LogP contribution in [-0.2, 0) is 4.79 Å². The van der Waals surface area contributed by atoms with E-state index in [4.69, 9.17) is 14.2 Å². The van der Waals surface area contributed by atoms with Crippen molar-refractivity contribution in [1.82, 2.24) is 0 Å². The number of hydrogen-bond donors (Lipinski definition) is 0. The van der Waals surface area contributed by atoms with Crippen LogP contribution >= 0.6 is 0 Å². The van der Waals surface area contributed by atoms with Crippen LogP contribution in [0.25, 0.3) is 0 Å². The van der Waals surface area contributed by atoms with Crippen LogP contribution in [0.5, 0.6) is 17.2 Å². The van der Waals surface area contributed by atoms with Crippen LogP contribution in [0, 0.1) is 17.0 Å². The number of nitrogens with zero attached hydrogens (tertiary/aromatic N) is 1. The molecule has 0 spiro atoms. The van der Waals surface area contributed by atoms with Gasteiger partial charge in [0.25, 0.3) is 5.69 Å². The van der Waals surface area contributed by atoms with E-state index in [1.165, 1.54) is 19.2 Å². The number of aryl methyl sites for hydroxylation is 1. The number of ether oxygens (including phenoxy) is 3. The topological polar surface area (TPSA) is 87.9 Å². The number of benzene rings is 2. The molecule has 0 N–H and O–H groups in total. The molecule has 0 bridgehead atoms. The Hall–Kier alpha value is -3.09. The molecule has 138 valence electrons. The standard InChI is InChI=1S/C19H21NO6/c1-12(2)15-7-5-13(3)9-17(15)25-11-19(21)26-18-10-14(20(22)23)6-8-16(18)24-4/h5-10,12H,11H2,1-4H3. The van der Waals surface area contributed by atoms with E-state index in [1.54, 1.807) is 0 Å². The average molecular weight is 359 g/mol. The molecule has 0 aliphatic carbocycles. The van der Waals surface area contributed by atoms with E-state index >= 15 is 0 Å². The number of rotatable bonds is 7. The van der Waals surface area contributed by atoms with E-state index in [2.05, 4.69) is 0 Å². The Bertz CT molecular complexity index is 816. The molecule has 2 aromatic carbocycles. The van der Waals surface area contributed by atoms with E-state index in [9.17, 15) is 14.9 Å². The predicted octanol–water partition coefficient (Wildman–Crippen LogP) is 4.02. The van der Waals surface area contributed by atoms with Crippen molar-refractivity contribution in [2.24, 2.45) is 0 Å². The molecule has 0 aromatic heterocycles. The molecule has 7 nitrogen and oxygen atoms in total. The maximum atomic E-state index is 12.1. The fraction of sp³-hybridized carbons (Fsp3) is 0.316. The largest absolute Gasteiger partial charge is 0.493 e. The summed E-state index contributed by atoms with van der Waals surface area (Å²) in [5.74, 6) is 0.368. The molecule has 26 heavy (non-hydrogen) atoms. The number of carbonyl (C=O) groups is 1. The van der Waals surface area contributed by atoms with Crippen molar-refractivity contribution in [3.8, 4) is 17.2 Å². The van der Waals surface area contributed by atoms with Gasteiger partial charge in [-0.25, -0.2) is 4.79 Å². The summed E-state index contributed by atoms with van der Waals surface area (Å²) in [7, 11) is 1.39. The first-order chi connectivity index (χ1) is 12.3. The SMILES string of the molecule is COc1ccc([N+](=O)[O-])cc1OC(=O)COc1cc(C)ccc1C(C)C. The minimum Gasteiger partial charge on any atom is -0.493 e. The number of methoxy groups -OCH3 is 1. The monoisotopic (exact) mass is 359 g/mol. The number of carbonyl (C=O) groups excluding carboxylic acids is 1. The van der Waals surface area contributed by atoms with Gasteiger partial charge in [-0.05, 0) is 36.1 Å². The van der Waals surface area contributed by atoms with Gasteiger partial charge in [0.05, 0.1) is 18.1 Å². The van der Waals surface area contributed by atoms with E-state index in [0.29, 0.717) is 5.75 Å². The smallest absolute Gasteiger partial charge is 0.349 e. The molecule has 2 aromatic rings. The summed E-state index contributed by atoms with van der Waals surface area (Å²) in [5, 5.41) is 10.9. The highest BCUT2D eigenvalue weighted by atomic mass is 16.6. The molecule has 0 aliphatic heterocycles. The van der Waals surface area contributed by atoms with Crippen LogP contribution < -0.4 is 14.2 Å². The van der Waals surface area contributed by atoms with Crippen molar-refractivity contribution in [3.63, 3.8) is 0 Å². The van der Waals surface area contributed by atoms with Gasteiger partial charge >= 0.3 is 5.97 Å².